The van der Waals surface area contributed by atoms with Crippen LogP contribution >= 0.6 is 0 Å². The lowest BCUT2D eigenvalue weighted by Gasteiger charge is -2.16. The standard InChI is InChI=1S/C23H25FN2O3/c1-13-19(10-17(11-20(13)24)23(29)25-18-8-9-18)14-2-6-16(7-3-14)22(28)26-21(12-27)15-4-5-15/h2-3,6-7,10-11,15,18,21,27H,4-5,8-9,12H2,1H3,(H,25,29)(H,26,28). The average molecular weight is 396 g/mol. The van der Waals surface area contributed by atoms with Gasteiger partial charge in [-0.1, -0.05) is 12.1 Å². The van der Waals surface area contributed by atoms with Crippen molar-refractivity contribution in [3.63, 3.8) is 0 Å². The first-order chi connectivity index (χ1) is 14.0. The van der Waals surface area contributed by atoms with Crippen LogP contribution in [0.25, 0.3) is 11.1 Å². The van der Waals surface area contributed by atoms with Crippen molar-refractivity contribution in [2.75, 3.05) is 6.61 Å². The van der Waals surface area contributed by atoms with Crippen LogP contribution in [0.3, 0.4) is 0 Å². The van der Waals surface area contributed by atoms with E-state index >= 15 is 0 Å². The second kappa shape index (κ2) is 7.95. The van der Waals surface area contributed by atoms with Gasteiger partial charge < -0.3 is 15.7 Å². The first-order valence-corrected chi connectivity index (χ1v) is 10.1. The van der Waals surface area contributed by atoms with Crippen molar-refractivity contribution in [1.82, 2.24) is 10.6 Å². The summed E-state index contributed by atoms with van der Waals surface area (Å²) in [6, 6.07) is 9.83. The van der Waals surface area contributed by atoms with Crippen LogP contribution < -0.4 is 10.6 Å². The predicted octanol–water partition coefficient (Wildman–Crippen LogP) is 3.19. The van der Waals surface area contributed by atoms with Gasteiger partial charge in [-0.15, -0.1) is 0 Å². The Balaban J connectivity index is 1.54. The number of amides is 2. The Labute approximate surface area is 169 Å². The summed E-state index contributed by atoms with van der Waals surface area (Å²) in [7, 11) is 0. The van der Waals surface area contributed by atoms with Gasteiger partial charge in [-0.3, -0.25) is 9.59 Å². The Morgan fingerprint density at radius 2 is 1.76 bits per heavy atom. The minimum Gasteiger partial charge on any atom is -0.394 e. The summed E-state index contributed by atoms with van der Waals surface area (Å²) in [5, 5.41) is 15.2. The molecule has 0 saturated heterocycles. The molecule has 2 aliphatic carbocycles. The van der Waals surface area contributed by atoms with E-state index in [4.69, 9.17) is 0 Å². The molecule has 1 unspecified atom stereocenters. The first kappa shape index (κ1) is 19.6. The van der Waals surface area contributed by atoms with Crippen molar-refractivity contribution >= 4 is 11.8 Å². The quantitative estimate of drug-likeness (QED) is 0.673. The molecule has 0 aromatic heterocycles. The molecule has 4 rings (SSSR count). The highest BCUT2D eigenvalue weighted by Gasteiger charge is 2.32. The van der Waals surface area contributed by atoms with E-state index in [1.807, 2.05) is 0 Å². The average Bonchev–Trinajstić information content (AvgIpc) is 3.62. The molecule has 0 radical (unpaired) electrons. The molecule has 0 spiro atoms. The minimum absolute atomic E-state index is 0.0668. The van der Waals surface area contributed by atoms with Crippen molar-refractivity contribution in [3.05, 3.63) is 58.9 Å². The zero-order valence-electron chi connectivity index (χ0n) is 16.4. The topological polar surface area (TPSA) is 78.4 Å². The van der Waals surface area contributed by atoms with Gasteiger partial charge in [0.25, 0.3) is 11.8 Å². The fourth-order valence-corrected chi connectivity index (χ4v) is 3.47. The molecule has 0 bridgehead atoms. The smallest absolute Gasteiger partial charge is 0.251 e. The van der Waals surface area contributed by atoms with Gasteiger partial charge in [0.2, 0.25) is 0 Å². The third-order valence-electron chi connectivity index (χ3n) is 5.68. The second-order valence-corrected chi connectivity index (χ2v) is 8.06. The highest BCUT2D eigenvalue weighted by Crippen LogP contribution is 2.32. The number of carbonyl (C=O) groups excluding carboxylic acids is 2. The maximum Gasteiger partial charge on any atom is 0.251 e. The van der Waals surface area contributed by atoms with E-state index in [0.717, 1.165) is 31.2 Å². The van der Waals surface area contributed by atoms with Gasteiger partial charge in [-0.2, -0.15) is 0 Å². The largest absolute Gasteiger partial charge is 0.394 e. The summed E-state index contributed by atoms with van der Waals surface area (Å²) < 4.78 is 14.4. The van der Waals surface area contributed by atoms with E-state index in [-0.39, 0.29) is 30.5 Å². The van der Waals surface area contributed by atoms with Gasteiger partial charge in [0.15, 0.2) is 0 Å². The Hall–Kier alpha value is -2.73. The lowest BCUT2D eigenvalue weighted by Crippen LogP contribution is -2.39. The van der Waals surface area contributed by atoms with Gasteiger partial charge >= 0.3 is 0 Å². The van der Waals surface area contributed by atoms with Crippen LogP contribution in [-0.2, 0) is 0 Å². The molecule has 29 heavy (non-hydrogen) atoms. The lowest BCUT2D eigenvalue weighted by molar-refractivity contribution is 0.0906. The molecule has 6 heteroatoms. The fraction of sp³-hybridized carbons (Fsp3) is 0.391. The van der Waals surface area contributed by atoms with Gasteiger partial charge in [0, 0.05) is 17.2 Å². The van der Waals surface area contributed by atoms with Crippen LogP contribution in [0, 0.1) is 18.7 Å². The van der Waals surface area contributed by atoms with E-state index in [1.165, 1.54) is 6.07 Å². The number of aliphatic hydroxyl groups excluding tert-OH is 1. The molecule has 2 amide bonds. The van der Waals surface area contributed by atoms with Gasteiger partial charge in [0.05, 0.1) is 12.6 Å². The minimum atomic E-state index is -0.430. The number of rotatable bonds is 7. The van der Waals surface area contributed by atoms with Crippen molar-refractivity contribution in [1.29, 1.82) is 0 Å². The second-order valence-electron chi connectivity index (χ2n) is 8.06. The first-order valence-electron chi connectivity index (χ1n) is 10.1. The van der Waals surface area contributed by atoms with E-state index in [9.17, 15) is 19.1 Å². The van der Waals surface area contributed by atoms with Crippen molar-refractivity contribution in [2.45, 2.75) is 44.7 Å². The maximum absolute atomic E-state index is 14.4. The number of nitrogens with one attached hydrogen (secondary N) is 2. The van der Waals surface area contributed by atoms with Crippen molar-refractivity contribution in [2.24, 2.45) is 5.92 Å². The molecule has 2 aromatic carbocycles. The number of benzene rings is 2. The Kier molecular flexibility index (Phi) is 5.37. The van der Waals surface area contributed by atoms with Crippen LogP contribution in [0.4, 0.5) is 4.39 Å². The summed E-state index contributed by atoms with van der Waals surface area (Å²) in [6.45, 7) is 1.61. The molecular weight excluding hydrogens is 371 g/mol. The highest BCUT2D eigenvalue weighted by molar-refractivity contribution is 5.97. The van der Waals surface area contributed by atoms with Crippen LogP contribution in [0.1, 0.15) is 52.0 Å². The summed E-state index contributed by atoms with van der Waals surface area (Å²) in [5.74, 6) is -0.569. The summed E-state index contributed by atoms with van der Waals surface area (Å²) in [4.78, 5) is 24.8. The molecular formula is C23H25FN2O3. The Morgan fingerprint density at radius 3 is 2.34 bits per heavy atom. The molecule has 2 fully saturated rings. The zero-order chi connectivity index (χ0) is 20.5. The fourth-order valence-electron chi connectivity index (χ4n) is 3.47. The summed E-state index contributed by atoms with van der Waals surface area (Å²) in [5.41, 5.74) is 2.60. The van der Waals surface area contributed by atoms with Gasteiger partial charge in [-0.05, 0) is 79.5 Å². The van der Waals surface area contributed by atoms with Crippen LogP contribution in [0.2, 0.25) is 0 Å². The molecule has 5 nitrogen and oxygen atoms in total. The molecule has 2 saturated carbocycles. The third kappa shape index (κ3) is 4.48. The summed E-state index contributed by atoms with van der Waals surface area (Å²) >= 11 is 0. The number of hydrogen-bond acceptors (Lipinski definition) is 3. The maximum atomic E-state index is 14.4. The van der Waals surface area contributed by atoms with E-state index in [0.29, 0.717) is 28.2 Å². The molecule has 0 aliphatic heterocycles. The predicted molar refractivity (Wildman–Crippen MR) is 108 cm³/mol. The number of hydrogen-bond donors (Lipinski definition) is 3. The third-order valence-corrected chi connectivity index (χ3v) is 5.68. The Bertz CT molecular complexity index is 934. The molecule has 2 aromatic rings. The van der Waals surface area contributed by atoms with E-state index in [1.54, 1.807) is 37.3 Å². The molecule has 152 valence electrons. The molecule has 1 atom stereocenters. The Morgan fingerprint density at radius 1 is 1.07 bits per heavy atom. The van der Waals surface area contributed by atoms with Crippen LogP contribution in [0.15, 0.2) is 36.4 Å². The molecule has 3 N–H and O–H groups in total. The molecule has 0 heterocycles. The number of aliphatic hydroxyl groups is 1. The number of halogens is 1. The van der Waals surface area contributed by atoms with Gasteiger partial charge in [-0.25, -0.2) is 4.39 Å². The van der Waals surface area contributed by atoms with E-state index < -0.39 is 5.82 Å². The SMILES string of the molecule is Cc1c(F)cc(C(=O)NC2CC2)cc1-c1ccc(C(=O)NC(CO)C2CC2)cc1. The van der Waals surface area contributed by atoms with Crippen molar-refractivity contribution < 1.29 is 19.1 Å². The van der Waals surface area contributed by atoms with E-state index in [2.05, 4.69) is 10.6 Å². The zero-order valence-corrected chi connectivity index (χ0v) is 16.4. The van der Waals surface area contributed by atoms with Crippen LogP contribution in [0.5, 0.6) is 0 Å². The van der Waals surface area contributed by atoms with Gasteiger partial charge in [0.1, 0.15) is 5.82 Å². The highest BCUT2D eigenvalue weighted by atomic mass is 19.1. The summed E-state index contributed by atoms with van der Waals surface area (Å²) in [6.07, 6.45) is 3.99. The monoisotopic (exact) mass is 396 g/mol. The number of carbonyl (C=O) groups is 2. The van der Waals surface area contributed by atoms with Crippen molar-refractivity contribution in [3.8, 4) is 11.1 Å². The molecule has 2 aliphatic rings. The van der Waals surface area contributed by atoms with Crippen LogP contribution in [-0.4, -0.2) is 35.6 Å². The normalized spacial score (nSPS) is 16.9. The lowest BCUT2D eigenvalue weighted by atomic mass is 9.96.